The van der Waals surface area contributed by atoms with Gasteiger partial charge in [-0.2, -0.15) is 0 Å². The summed E-state index contributed by atoms with van der Waals surface area (Å²) in [6.45, 7) is 5.31. The number of rotatable bonds is 0. The Morgan fingerprint density at radius 2 is 2.00 bits per heavy atom. The fourth-order valence-electron chi connectivity index (χ4n) is 4.28. The number of benzene rings is 2. The third-order valence-electron chi connectivity index (χ3n) is 5.77. The van der Waals surface area contributed by atoms with E-state index in [0.717, 1.165) is 26.8 Å². The van der Waals surface area contributed by atoms with E-state index in [9.17, 15) is 0 Å². The molecule has 4 heteroatoms. The van der Waals surface area contributed by atoms with Gasteiger partial charge >= 0.3 is 0 Å². The number of para-hydroxylation sites is 1. The smallest absolute Gasteiger partial charge is 0.219 e. The van der Waals surface area contributed by atoms with Crippen molar-refractivity contribution in [3.63, 3.8) is 0 Å². The van der Waals surface area contributed by atoms with E-state index in [2.05, 4.69) is 71.5 Å². The highest BCUT2D eigenvalue weighted by molar-refractivity contribution is 9.10. The summed E-state index contributed by atoms with van der Waals surface area (Å²) in [6, 6.07) is 17.2. The molecule has 5 rings (SSSR count). The number of nitrogens with one attached hydrogen (secondary N) is 1. The van der Waals surface area contributed by atoms with Gasteiger partial charge in [0.2, 0.25) is 5.88 Å². The summed E-state index contributed by atoms with van der Waals surface area (Å²) >= 11 is 3.61. The van der Waals surface area contributed by atoms with Crippen LogP contribution in [0, 0.1) is 5.92 Å². The Morgan fingerprint density at radius 1 is 1.16 bits per heavy atom. The monoisotopic (exact) mass is 394 g/mol. The van der Waals surface area contributed by atoms with Crippen LogP contribution in [0.2, 0.25) is 0 Å². The Balaban J connectivity index is 1.69. The molecule has 0 aliphatic carbocycles. The van der Waals surface area contributed by atoms with Crippen molar-refractivity contribution in [2.24, 2.45) is 5.92 Å². The summed E-state index contributed by atoms with van der Waals surface area (Å²) in [5, 5.41) is 4.92. The van der Waals surface area contributed by atoms with Gasteiger partial charge in [-0.3, -0.25) is 0 Å². The van der Waals surface area contributed by atoms with E-state index in [4.69, 9.17) is 9.72 Å². The summed E-state index contributed by atoms with van der Waals surface area (Å²) < 4.78 is 7.23. The van der Waals surface area contributed by atoms with Crippen LogP contribution < -0.4 is 10.1 Å². The van der Waals surface area contributed by atoms with Gasteiger partial charge in [0, 0.05) is 32.4 Å². The normalized spacial score (nSPS) is 23.0. The molecule has 0 amide bonds. The lowest BCUT2D eigenvalue weighted by atomic mass is 9.65. The third-order valence-corrected chi connectivity index (χ3v) is 6.26. The molecule has 1 N–H and O–H groups in total. The Bertz CT molecular complexity index is 998. The van der Waals surface area contributed by atoms with Crippen LogP contribution in [0.15, 0.2) is 53.0 Å². The van der Waals surface area contributed by atoms with Gasteiger partial charge in [-0.15, -0.1) is 0 Å². The molecule has 0 unspecified atom stereocenters. The summed E-state index contributed by atoms with van der Waals surface area (Å²) in [4.78, 5) is 4.75. The van der Waals surface area contributed by atoms with Crippen LogP contribution in [0.25, 0.3) is 10.9 Å². The van der Waals surface area contributed by atoms with Crippen LogP contribution in [0.3, 0.4) is 0 Å². The summed E-state index contributed by atoms with van der Waals surface area (Å²) in [5.41, 5.74) is 4.70. The molecule has 0 fully saturated rings. The second kappa shape index (κ2) is 5.21. The first-order chi connectivity index (χ1) is 12.0. The molecule has 0 saturated heterocycles. The highest BCUT2D eigenvalue weighted by atomic mass is 79.9. The van der Waals surface area contributed by atoms with Gasteiger partial charge in [-0.25, -0.2) is 4.98 Å². The van der Waals surface area contributed by atoms with Crippen LogP contribution in [-0.2, 0) is 5.41 Å². The highest BCUT2D eigenvalue weighted by Crippen LogP contribution is 2.52. The Morgan fingerprint density at radius 3 is 2.88 bits per heavy atom. The van der Waals surface area contributed by atoms with Crippen molar-refractivity contribution in [2.75, 3.05) is 11.9 Å². The molecule has 2 aliphatic heterocycles. The molecular formula is C21H19BrN2O. The largest absolute Gasteiger partial charge is 0.477 e. The van der Waals surface area contributed by atoms with Gasteiger partial charge in [-0.05, 0) is 35.9 Å². The lowest BCUT2D eigenvalue weighted by Crippen LogP contribution is -2.46. The molecule has 2 atom stereocenters. The van der Waals surface area contributed by atoms with Crippen LogP contribution in [0.1, 0.15) is 31.0 Å². The minimum atomic E-state index is 0.0123. The molecule has 1 aromatic heterocycles. The molecule has 2 aromatic carbocycles. The van der Waals surface area contributed by atoms with Gasteiger partial charge in [0.15, 0.2) is 0 Å². The van der Waals surface area contributed by atoms with Gasteiger partial charge in [0.1, 0.15) is 0 Å². The van der Waals surface area contributed by atoms with E-state index in [1.165, 1.54) is 11.3 Å². The summed E-state index contributed by atoms with van der Waals surface area (Å²) in [6.07, 6.45) is 0. The molecule has 3 nitrogen and oxygen atoms in total. The first kappa shape index (κ1) is 15.2. The first-order valence-electron chi connectivity index (χ1n) is 8.63. The maximum atomic E-state index is 6.12. The number of aromatic nitrogens is 1. The average molecular weight is 395 g/mol. The van der Waals surface area contributed by atoms with E-state index >= 15 is 0 Å². The van der Waals surface area contributed by atoms with E-state index < -0.39 is 0 Å². The van der Waals surface area contributed by atoms with Crippen molar-refractivity contribution in [3.8, 4) is 5.88 Å². The molecule has 0 spiro atoms. The molecule has 0 bridgehead atoms. The zero-order valence-electron chi connectivity index (χ0n) is 14.2. The van der Waals surface area contributed by atoms with Crippen molar-refractivity contribution < 1.29 is 4.74 Å². The standard InChI is InChI=1S/C21H19BrN2O/c1-21(2)15-10-13(22)7-8-18(15)23-19-14-9-12-5-3-4-6-17(12)24-20(14)25-11-16(19)21/h3-10,16,19,23H,11H2,1-2H3/t16-,19+/m1/s1. The fraction of sp³-hybridized carbons (Fsp3) is 0.286. The summed E-state index contributed by atoms with van der Waals surface area (Å²) in [7, 11) is 0. The van der Waals surface area contributed by atoms with Crippen molar-refractivity contribution >= 4 is 32.5 Å². The minimum absolute atomic E-state index is 0.0123. The quantitative estimate of drug-likeness (QED) is 0.550. The Kier molecular flexibility index (Phi) is 3.17. The van der Waals surface area contributed by atoms with Crippen molar-refractivity contribution in [3.05, 3.63) is 64.1 Å². The maximum absolute atomic E-state index is 6.12. The van der Waals surface area contributed by atoms with E-state index in [1.807, 2.05) is 12.1 Å². The van der Waals surface area contributed by atoms with E-state index in [-0.39, 0.29) is 11.5 Å². The third kappa shape index (κ3) is 2.20. The van der Waals surface area contributed by atoms with Gasteiger partial charge in [0.25, 0.3) is 0 Å². The van der Waals surface area contributed by atoms with Crippen LogP contribution >= 0.6 is 15.9 Å². The van der Waals surface area contributed by atoms with Crippen LogP contribution in [-0.4, -0.2) is 11.6 Å². The van der Waals surface area contributed by atoms with Crippen molar-refractivity contribution in [2.45, 2.75) is 25.3 Å². The SMILES string of the molecule is CC1(C)c2cc(Br)ccc2N[C@H]2c3cc4ccccc4nc3OC[C@H]21. The predicted octanol–water partition coefficient (Wildman–Crippen LogP) is 5.45. The number of pyridine rings is 1. The number of anilines is 1. The number of halogens is 1. The van der Waals surface area contributed by atoms with Crippen molar-refractivity contribution in [1.29, 1.82) is 0 Å². The second-order valence-corrected chi connectivity index (χ2v) is 8.44. The zero-order valence-corrected chi connectivity index (χ0v) is 15.8. The number of ether oxygens (including phenoxy) is 1. The fourth-order valence-corrected chi connectivity index (χ4v) is 4.64. The maximum Gasteiger partial charge on any atom is 0.219 e. The molecule has 3 heterocycles. The van der Waals surface area contributed by atoms with Crippen molar-refractivity contribution in [1.82, 2.24) is 4.98 Å². The number of hydrogen-bond acceptors (Lipinski definition) is 3. The van der Waals surface area contributed by atoms with Crippen LogP contribution in [0.4, 0.5) is 5.69 Å². The molecule has 3 aromatic rings. The number of nitrogens with zero attached hydrogens (tertiary/aromatic N) is 1. The molecule has 25 heavy (non-hydrogen) atoms. The minimum Gasteiger partial charge on any atom is -0.477 e. The molecule has 126 valence electrons. The lowest BCUT2D eigenvalue weighted by Gasteiger charge is -2.48. The Hall–Kier alpha value is -2.07. The highest BCUT2D eigenvalue weighted by Gasteiger charge is 2.46. The number of hydrogen-bond donors (Lipinski definition) is 1. The topological polar surface area (TPSA) is 34.2 Å². The Labute approximate surface area is 155 Å². The van der Waals surface area contributed by atoms with Gasteiger partial charge in [0.05, 0.1) is 18.2 Å². The zero-order chi connectivity index (χ0) is 17.2. The first-order valence-corrected chi connectivity index (χ1v) is 9.42. The average Bonchev–Trinajstić information content (AvgIpc) is 2.61. The predicted molar refractivity (Wildman–Crippen MR) is 104 cm³/mol. The second-order valence-electron chi connectivity index (χ2n) is 7.53. The lowest BCUT2D eigenvalue weighted by molar-refractivity contribution is 0.131. The van der Waals surface area contributed by atoms with Gasteiger partial charge in [-0.1, -0.05) is 48.0 Å². The molecule has 2 aliphatic rings. The van der Waals surface area contributed by atoms with Crippen LogP contribution in [0.5, 0.6) is 5.88 Å². The number of fused-ring (bicyclic) bond motifs is 5. The molecular weight excluding hydrogens is 376 g/mol. The van der Waals surface area contributed by atoms with E-state index in [0.29, 0.717) is 12.5 Å². The molecule has 0 saturated carbocycles. The molecule has 0 radical (unpaired) electrons. The van der Waals surface area contributed by atoms with E-state index in [1.54, 1.807) is 0 Å². The summed E-state index contributed by atoms with van der Waals surface area (Å²) in [5.74, 6) is 1.12. The van der Waals surface area contributed by atoms with Gasteiger partial charge < -0.3 is 10.1 Å².